The van der Waals surface area contributed by atoms with Gasteiger partial charge in [-0.15, -0.1) is 0 Å². The summed E-state index contributed by atoms with van der Waals surface area (Å²) in [5.41, 5.74) is 6.24. The molecule has 0 saturated heterocycles. The number of carbonyl (C=O) groups is 2. The molecule has 0 bridgehead atoms. The van der Waals surface area contributed by atoms with E-state index in [9.17, 15) is 9.59 Å². The molecular weight excluding hydrogens is 302 g/mol. The number of nitrogens with two attached hydrogens (primary N) is 1. The molecule has 5 heteroatoms. The molecule has 5 nitrogen and oxygen atoms in total. The Morgan fingerprint density at radius 3 is 2.58 bits per heavy atom. The summed E-state index contributed by atoms with van der Waals surface area (Å²) in [6, 6.07) is 14.8. The molecule has 1 unspecified atom stereocenters. The van der Waals surface area contributed by atoms with E-state index >= 15 is 0 Å². The molecule has 1 aliphatic rings. The maximum Gasteiger partial charge on any atom is 0.318 e. The number of carbonyl (C=O) groups excluding carboxylic acids is 2. The first-order valence-electron chi connectivity index (χ1n) is 8.38. The number of amides is 3. The molecule has 3 N–H and O–H groups in total. The second-order valence-corrected chi connectivity index (χ2v) is 6.41. The van der Waals surface area contributed by atoms with Crippen LogP contribution in [-0.2, 0) is 4.79 Å². The quantitative estimate of drug-likeness (QED) is 0.857. The van der Waals surface area contributed by atoms with Gasteiger partial charge in [-0.05, 0) is 42.2 Å². The minimum Gasteiger partial charge on any atom is -0.351 e. The molecule has 2 aromatic rings. The van der Waals surface area contributed by atoms with E-state index in [1.165, 1.54) is 16.3 Å². The van der Waals surface area contributed by atoms with Crippen molar-refractivity contribution in [2.75, 3.05) is 6.54 Å². The molecule has 0 aliphatic heterocycles. The fourth-order valence-electron chi connectivity index (χ4n) is 3.19. The minimum atomic E-state index is -0.791. The van der Waals surface area contributed by atoms with E-state index in [1.54, 1.807) is 0 Å². The van der Waals surface area contributed by atoms with E-state index in [-0.39, 0.29) is 18.4 Å². The third-order valence-electron chi connectivity index (χ3n) is 4.63. The molecule has 1 atom stereocenters. The lowest BCUT2D eigenvalue weighted by molar-refractivity contribution is -0.120. The highest BCUT2D eigenvalue weighted by Gasteiger charge is 2.32. The number of hydrogen-bond acceptors (Lipinski definition) is 3. The summed E-state index contributed by atoms with van der Waals surface area (Å²) in [5.74, 6) is -0.320. The smallest absolute Gasteiger partial charge is 0.318 e. The maximum atomic E-state index is 11.7. The number of imide groups is 1. The number of primary amides is 1. The molecule has 0 heterocycles. The average molecular weight is 325 g/mol. The number of rotatable bonds is 6. The van der Waals surface area contributed by atoms with Crippen molar-refractivity contribution in [2.24, 2.45) is 5.73 Å². The van der Waals surface area contributed by atoms with Crippen LogP contribution in [0.1, 0.15) is 37.8 Å². The van der Waals surface area contributed by atoms with Crippen LogP contribution in [0.2, 0.25) is 0 Å². The van der Waals surface area contributed by atoms with Gasteiger partial charge >= 0.3 is 6.03 Å². The van der Waals surface area contributed by atoms with Crippen molar-refractivity contribution in [3.63, 3.8) is 0 Å². The first kappa shape index (κ1) is 16.5. The number of fused-ring (bicyclic) bond motifs is 1. The van der Waals surface area contributed by atoms with E-state index in [2.05, 4.69) is 47.5 Å². The SMILES string of the molecule is CC(c1ccc2ccccc2c1)N(CCC(=O)NC(N)=O)C1CC1. The Labute approximate surface area is 141 Å². The summed E-state index contributed by atoms with van der Waals surface area (Å²) in [4.78, 5) is 24.8. The van der Waals surface area contributed by atoms with Gasteiger partial charge in [0.25, 0.3) is 0 Å². The Hall–Kier alpha value is -2.40. The molecule has 1 saturated carbocycles. The third kappa shape index (κ3) is 3.92. The van der Waals surface area contributed by atoms with Gasteiger partial charge in [-0.25, -0.2) is 4.79 Å². The number of nitrogens with one attached hydrogen (secondary N) is 1. The summed E-state index contributed by atoms with van der Waals surface area (Å²) in [6.45, 7) is 2.80. The standard InChI is InChI=1S/C19H23N3O2/c1-13(15-7-6-14-4-2-3-5-16(14)12-15)22(17-8-9-17)11-10-18(23)21-19(20)24/h2-7,12-13,17H,8-11H2,1H3,(H3,20,21,23,24). The zero-order valence-electron chi connectivity index (χ0n) is 13.9. The largest absolute Gasteiger partial charge is 0.351 e. The van der Waals surface area contributed by atoms with Gasteiger partial charge in [-0.1, -0.05) is 36.4 Å². The lowest BCUT2D eigenvalue weighted by atomic mass is 10.0. The number of nitrogens with zero attached hydrogens (tertiary/aromatic N) is 1. The van der Waals surface area contributed by atoms with Crippen molar-refractivity contribution in [2.45, 2.75) is 38.3 Å². The van der Waals surface area contributed by atoms with Gasteiger partial charge in [0, 0.05) is 25.0 Å². The van der Waals surface area contributed by atoms with E-state index in [1.807, 2.05) is 12.1 Å². The van der Waals surface area contributed by atoms with Gasteiger partial charge in [0.1, 0.15) is 0 Å². The highest BCUT2D eigenvalue weighted by Crippen LogP contribution is 2.35. The lowest BCUT2D eigenvalue weighted by Gasteiger charge is -2.29. The second kappa shape index (κ2) is 7.01. The van der Waals surface area contributed by atoms with Crippen molar-refractivity contribution < 1.29 is 9.59 Å². The van der Waals surface area contributed by atoms with E-state index in [4.69, 9.17) is 5.73 Å². The molecule has 24 heavy (non-hydrogen) atoms. The summed E-state index contributed by atoms with van der Waals surface area (Å²) in [5, 5.41) is 4.59. The Morgan fingerprint density at radius 1 is 1.21 bits per heavy atom. The maximum absolute atomic E-state index is 11.7. The van der Waals surface area contributed by atoms with Gasteiger partial charge in [0.2, 0.25) is 5.91 Å². The molecule has 0 radical (unpaired) electrons. The Kier molecular flexibility index (Phi) is 4.81. The highest BCUT2D eigenvalue weighted by molar-refractivity contribution is 5.93. The van der Waals surface area contributed by atoms with E-state index in [0.717, 1.165) is 12.8 Å². The summed E-state index contributed by atoms with van der Waals surface area (Å²) < 4.78 is 0. The van der Waals surface area contributed by atoms with Crippen molar-refractivity contribution in [3.8, 4) is 0 Å². The Balaban J connectivity index is 1.72. The van der Waals surface area contributed by atoms with Crippen LogP contribution in [0.15, 0.2) is 42.5 Å². The van der Waals surface area contributed by atoms with Crippen LogP contribution in [0.5, 0.6) is 0 Å². The molecule has 0 aromatic heterocycles. The molecular formula is C19H23N3O2. The van der Waals surface area contributed by atoms with Crippen molar-refractivity contribution in [1.82, 2.24) is 10.2 Å². The summed E-state index contributed by atoms with van der Waals surface area (Å²) in [7, 11) is 0. The zero-order valence-corrected chi connectivity index (χ0v) is 13.9. The number of urea groups is 1. The van der Waals surface area contributed by atoms with Crippen molar-refractivity contribution in [3.05, 3.63) is 48.0 Å². The summed E-state index contributed by atoms with van der Waals surface area (Å²) in [6.07, 6.45) is 2.60. The van der Waals surface area contributed by atoms with Gasteiger partial charge in [0.05, 0.1) is 0 Å². The molecule has 2 aromatic carbocycles. The van der Waals surface area contributed by atoms with Crippen LogP contribution in [0.3, 0.4) is 0 Å². The Bertz CT molecular complexity index is 755. The van der Waals surface area contributed by atoms with Gasteiger partial charge in [-0.2, -0.15) is 0 Å². The minimum absolute atomic E-state index is 0.225. The predicted molar refractivity (Wildman–Crippen MR) is 94.4 cm³/mol. The fraction of sp³-hybridized carbons (Fsp3) is 0.368. The van der Waals surface area contributed by atoms with E-state index < -0.39 is 6.03 Å². The van der Waals surface area contributed by atoms with Crippen molar-refractivity contribution >= 4 is 22.7 Å². The van der Waals surface area contributed by atoms with Gasteiger partial charge in [-0.3, -0.25) is 15.0 Å². The third-order valence-corrected chi connectivity index (χ3v) is 4.63. The van der Waals surface area contributed by atoms with Crippen LogP contribution in [0, 0.1) is 0 Å². The average Bonchev–Trinajstić information content (AvgIpc) is 3.38. The zero-order chi connectivity index (χ0) is 17.1. The van der Waals surface area contributed by atoms with Crippen LogP contribution < -0.4 is 11.1 Å². The highest BCUT2D eigenvalue weighted by atomic mass is 16.2. The molecule has 1 aliphatic carbocycles. The lowest BCUT2D eigenvalue weighted by Crippen LogP contribution is -2.38. The number of hydrogen-bond donors (Lipinski definition) is 2. The van der Waals surface area contributed by atoms with Crippen LogP contribution in [-0.4, -0.2) is 29.4 Å². The van der Waals surface area contributed by atoms with Crippen LogP contribution in [0.4, 0.5) is 4.79 Å². The van der Waals surface area contributed by atoms with Gasteiger partial charge in [0.15, 0.2) is 0 Å². The Morgan fingerprint density at radius 2 is 1.92 bits per heavy atom. The normalized spacial score (nSPS) is 15.4. The predicted octanol–water partition coefficient (Wildman–Crippen LogP) is 2.95. The molecule has 3 rings (SSSR count). The molecule has 0 spiro atoms. The van der Waals surface area contributed by atoms with Crippen LogP contribution in [0.25, 0.3) is 10.8 Å². The van der Waals surface area contributed by atoms with Gasteiger partial charge < -0.3 is 5.73 Å². The molecule has 3 amide bonds. The first-order chi connectivity index (χ1) is 11.5. The van der Waals surface area contributed by atoms with Crippen LogP contribution >= 0.6 is 0 Å². The fourth-order valence-corrected chi connectivity index (χ4v) is 3.19. The first-order valence-corrected chi connectivity index (χ1v) is 8.38. The summed E-state index contributed by atoms with van der Waals surface area (Å²) >= 11 is 0. The van der Waals surface area contributed by atoms with Crippen molar-refractivity contribution in [1.29, 1.82) is 0 Å². The topological polar surface area (TPSA) is 75.4 Å². The monoisotopic (exact) mass is 325 g/mol. The second-order valence-electron chi connectivity index (χ2n) is 6.41. The number of benzene rings is 2. The molecule has 126 valence electrons. The van der Waals surface area contributed by atoms with E-state index in [0.29, 0.717) is 12.6 Å². The molecule has 1 fully saturated rings.